The summed E-state index contributed by atoms with van der Waals surface area (Å²) in [7, 11) is 1.55. The zero-order chi connectivity index (χ0) is 17.3. The number of amides is 1. The number of aromatic nitrogens is 2. The van der Waals surface area contributed by atoms with Gasteiger partial charge in [0.15, 0.2) is 0 Å². The van der Waals surface area contributed by atoms with Crippen molar-refractivity contribution in [2.75, 3.05) is 12.5 Å². The molecule has 1 heterocycles. The minimum Gasteiger partial charge on any atom is -0.496 e. The molecule has 1 amide bonds. The van der Waals surface area contributed by atoms with Gasteiger partial charge in [0.2, 0.25) is 0 Å². The van der Waals surface area contributed by atoms with Crippen molar-refractivity contribution in [1.29, 1.82) is 0 Å². The van der Waals surface area contributed by atoms with Crippen molar-refractivity contribution >= 4 is 32.7 Å². The molecule has 7 heteroatoms. The lowest BCUT2D eigenvalue weighted by Crippen LogP contribution is -2.35. The summed E-state index contributed by atoms with van der Waals surface area (Å²) in [6.07, 6.45) is 0. The van der Waals surface area contributed by atoms with Gasteiger partial charge in [-0.05, 0) is 53.2 Å². The van der Waals surface area contributed by atoms with E-state index in [-0.39, 0.29) is 5.56 Å². The molecule has 0 aliphatic carbocycles. The predicted molar refractivity (Wildman–Crippen MR) is 95.1 cm³/mol. The van der Waals surface area contributed by atoms with Crippen LogP contribution in [0.15, 0.2) is 51.7 Å². The Bertz CT molecular complexity index is 998. The largest absolute Gasteiger partial charge is 0.496 e. The number of carbonyl (C=O) groups excluding carboxylic acids is 1. The Labute approximate surface area is 146 Å². The van der Waals surface area contributed by atoms with Crippen LogP contribution in [0.25, 0.3) is 10.9 Å². The number of hydrogen-bond acceptors (Lipinski definition) is 4. The number of nitrogens with zero attached hydrogens (tertiary/aromatic N) is 2. The van der Waals surface area contributed by atoms with E-state index in [1.54, 1.807) is 50.4 Å². The average Bonchev–Trinajstić information content (AvgIpc) is 2.58. The number of fused-ring (bicyclic) bond motifs is 1. The van der Waals surface area contributed by atoms with Crippen LogP contribution >= 0.6 is 15.9 Å². The molecule has 0 aliphatic rings. The first-order chi connectivity index (χ1) is 11.5. The predicted octanol–water partition coefficient (Wildman–Crippen LogP) is 2.86. The number of para-hydroxylation sites is 1. The summed E-state index contributed by atoms with van der Waals surface area (Å²) in [6, 6.07) is 11.9. The number of nitrogens with one attached hydrogen (secondary N) is 1. The highest BCUT2D eigenvalue weighted by molar-refractivity contribution is 9.10. The minimum atomic E-state index is -0.416. The third-order valence-corrected chi connectivity index (χ3v) is 4.19. The Kier molecular flexibility index (Phi) is 4.35. The Hall–Kier alpha value is -2.67. The maximum atomic E-state index is 12.6. The third kappa shape index (κ3) is 2.90. The summed E-state index contributed by atoms with van der Waals surface area (Å²) < 4.78 is 6.95. The molecule has 3 aromatic rings. The fourth-order valence-corrected chi connectivity index (χ4v) is 2.89. The van der Waals surface area contributed by atoms with Gasteiger partial charge in [-0.2, -0.15) is 0 Å². The van der Waals surface area contributed by atoms with Crippen molar-refractivity contribution in [2.45, 2.75) is 6.92 Å². The van der Waals surface area contributed by atoms with Gasteiger partial charge >= 0.3 is 0 Å². The molecular weight excluding hydrogens is 374 g/mol. The Morgan fingerprint density at radius 1 is 1.25 bits per heavy atom. The van der Waals surface area contributed by atoms with Gasteiger partial charge in [0.1, 0.15) is 11.6 Å². The van der Waals surface area contributed by atoms with Crippen LogP contribution in [0.5, 0.6) is 5.75 Å². The summed E-state index contributed by atoms with van der Waals surface area (Å²) in [4.78, 5) is 29.4. The molecule has 6 nitrogen and oxygen atoms in total. The minimum absolute atomic E-state index is 0.320. The molecule has 0 spiro atoms. The fourth-order valence-electron chi connectivity index (χ4n) is 2.35. The van der Waals surface area contributed by atoms with E-state index in [0.29, 0.717) is 32.5 Å². The number of hydrogen-bond donors (Lipinski definition) is 1. The molecule has 2 aromatic carbocycles. The van der Waals surface area contributed by atoms with E-state index in [0.717, 1.165) is 4.68 Å². The highest BCUT2D eigenvalue weighted by atomic mass is 79.9. The molecule has 1 N–H and O–H groups in total. The number of rotatable bonds is 3. The van der Waals surface area contributed by atoms with Gasteiger partial charge in [0, 0.05) is 5.56 Å². The second-order valence-corrected chi connectivity index (χ2v) is 5.96. The number of halogens is 1. The fraction of sp³-hybridized carbons (Fsp3) is 0.118. The molecule has 122 valence electrons. The molecule has 0 bridgehead atoms. The molecule has 3 rings (SSSR count). The highest BCUT2D eigenvalue weighted by Crippen LogP contribution is 2.25. The van der Waals surface area contributed by atoms with Crippen LogP contribution in [0, 0.1) is 6.92 Å². The smallest absolute Gasteiger partial charge is 0.280 e. The average molecular weight is 388 g/mol. The monoisotopic (exact) mass is 387 g/mol. The molecule has 0 atom stereocenters. The number of methoxy groups -OCH3 is 1. The molecule has 0 fully saturated rings. The van der Waals surface area contributed by atoms with E-state index < -0.39 is 5.91 Å². The van der Waals surface area contributed by atoms with E-state index in [9.17, 15) is 9.59 Å². The van der Waals surface area contributed by atoms with Crippen molar-refractivity contribution in [2.24, 2.45) is 0 Å². The summed E-state index contributed by atoms with van der Waals surface area (Å²) in [5.74, 6) is 0.604. The molecule has 0 radical (unpaired) electrons. The van der Waals surface area contributed by atoms with Gasteiger partial charge in [0.05, 0.1) is 22.5 Å². The summed E-state index contributed by atoms with van der Waals surface area (Å²) in [5.41, 5.74) is 3.26. The van der Waals surface area contributed by atoms with Crippen LogP contribution in [0.3, 0.4) is 0 Å². The van der Waals surface area contributed by atoms with Crippen LogP contribution in [0.1, 0.15) is 16.2 Å². The molecule has 24 heavy (non-hydrogen) atoms. The topological polar surface area (TPSA) is 73.2 Å². The van der Waals surface area contributed by atoms with Crippen LogP contribution in [0.2, 0.25) is 0 Å². The van der Waals surface area contributed by atoms with E-state index in [4.69, 9.17) is 4.74 Å². The van der Waals surface area contributed by atoms with Crippen molar-refractivity contribution < 1.29 is 9.53 Å². The van der Waals surface area contributed by atoms with E-state index in [1.807, 2.05) is 6.07 Å². The van der Waals surface area contributed by atoms with Crippen LogP contribution in [-0.2, 0) is 0 Å². The lowest BCUT2D eigenvalue weighted by Gasteiger charge is -2.12. The first-order valence-corrected chi connectivity index (χ1v) is 7.94. The number of carbonyl (C=O) groups is 1. The Morgan fingerprint density at radius 2 is 2.00 bits per heavy atom. The quantitative estimate of drug-likeness (QED) is 0.749. The molecule has 0 saturated carbocycles. The first-order valence-electron chi connectivity index (χ1n) is 7.14. The van der Waals surface area contributed by atoms with Crippen LogP contribution < -0.4 is 15.7 Å². The van der Waals surface area contributed by atoms with Gasteiger partial charge in [-0.3, -0.25) is 15.0 Å². The highest BCUT2D eigenvalue weighted by Gasteiger charge is 2.13. The van der Waals surface area contributed by atoms with Crippen LogP contribution in [0.4, 0.5) is 0 Å². The molecular formula is C17H14BrN3O3. The lowest BCUT2D eigenvalue weighted by molar-refractivity contribution is 0.101. The van der Waals surface area contributed by atoms with Gasteiger partial charge in [-0.25, -0.2) is 9.66 Å². The number of benzene rings is 2. The second-order valence-electron chi connectivity index (χ2n) is 5.11. The third-order valence-electron chi connectivity index (χ3n) is 3.57. The Morgan fingerprint density at radius 3 is 2.71 bits per heavy atom. The second kappa shape index (κ2) is 6.45. The molecule has 1 aromatic heterocycles. The molecule has 0 aliphatic heterocycles. The summed E-state index contributed by atoms with van der Waals surface area (Å²) in [6.45, 7) is 1.66. The van der Waals surface area contributed by atoms with Gasteiger partial charge in [0.25, 0.3) is 11.5 Å². The normalized spacial score (nSPS) is 10.6. The van der Waals surface area contributed by atoms with Gasteiger partial charge in [-0.15, -0.1) is 0 Å². The zero-order valence-corrected chi connectivity index (χ0v) is 14.6. The first kappa shape index (κ1) is 16.2. The maximum absolute atomic E-state index is 12.6. The van der Waals surface area contributed by atoms with Crippen LogP contribution in [-0.4, -0.2) is 22.7 Å². The standard InChI is InChI=1S/C17H14BrN3O3/c1-10-19-14-6-4-3-5-12(14)17(23)21(10)20-16(22)11-7-8-15(24-2)13(18)9-11/h3-9H,1-2H3,(H,20,22). The lowest BCUT2D eigenvalue weighted by atomic mass is 10.2. The summed E-state index contributed by atoms with van der Waals surface area (Å²) in [5, 5.41) is 0.444. The Balaban J connectivity index is 1.99. The number of aryl methyl sites for hydroxylation is 1. The maximum Gasteiger partial charge on any atom is 0.280 e. The van der Waals surface area contributed by atoms with E-state index >= 15 is 0 Å². The van der Waals surface area contributed by atoms with Crippen molar-refractivity contribution in [3.05, 3.63) is 68.7 Å². The van der Waals surface area contributed by atoms with Gasteiger partial charge < -0.3 is 4.74 Å². The SMILES string of the molecule is COc1ccc(C(=O)Nn2c(C)nc3ccccc3c2=O)cc1Br. The van der Waals surface area contributed by atoms with Crippen molar-refractivity contribution in [3.8, 4) is 5.75 Å². The van der Waals surface area contributed by atoms with Crippen molar-refractivity contribution in [1.82, 2.24) is 9.66 Å². The van der Waals surface area contributed by atoms with E-state index in [2.05, 4.69) is 26.3 Å². The zero-order valence-electron chi connectivity index (χ0n) is 13.0. The number of ether oxygens (including phenoxy) is 1. The molecule has 0 unspecified atom stereocenters. The van der Waals surface area contributed by atoms with E-state index in [1.165, 1.54) is 0 Å². The summed E-state index contributed by atoms with van der Waals surface area (Å²) >= 11 is 3.34. The van der Waals surface area contributed by atoms with Gasteiger partial charge in [-0.1, -0.05) is 12.1 Å². The van der Waals surface area contributed by atoms with Crippen molar-refractivity contribution in [3.63, 3.8) is 0 Å². The molecule has 0 saturated heterocycles.